The number of nitrogens with one attached hydrogen (secondary N) is 2. The molecule has 0 heterocycles. The van der Waals surface area contributed by atoms with E-state index in [9.17, 15) is 10.1 Å². The number of anilines is 2. The number of carbonyl (C=O) groups excluding carboxylic acids is 1. The molecular weight excluding hydrogens is 362 g/mol. The van der Waals surface area contributed by atoms with Crippen molar-refractivity contribution in [2.75, 3.05) is 17.7 Å². The fraction of sp³-hybridized carbons (Fsp3) is 0.238. The fourth-order valence-corrected chi connectivity index (χ4v) is 2.51. The van der Waals surface area contributed by atoms with Crippen LogP contribution in [0.4, 0.5) is 11.4 Å². The van der Waals surface area contributed by atoms with E-state index in [1.807, 2.05) is 30.3 Å². The van der Waals surface area contributed by atoms with E-state index >= 15 is 0 Å². The number of rotatable bonds is 5. The summed E-state index contributed by atoms with van der Waals surface area (Å²) in [7, 11) is 1.49. The van der Waals surface area contributed by atoms with Gasteiger partial charge in [0.15, 0.2) is 0 Å². The van der Waals surface area contributed by atoms with Crippen LogP contribution in [0.5, 0.6) is 5.75 Å². The average molecular weight is 384 g/mol. The largest absolute Gasteiger partial charge is 0.495 e. The Morgan fingerprint density at radius 3 is 2.41 bits per heavy atom. The number of carbonyl (C=O) groups is 1. The van der Waals surface area contributed by atoms with Gasteiger partial charge in [0.1, 0.15) is 17.4 Å². The summed E-state index contributed by atoms with van der Waals surface area (Å²) in [5, 5.41) is 15.4. The Kier molecular flexibility index (Phi) is 6.49. The van der Waals surface area contributed by atoms with E-state index in [0.717, 1.165) is 5.69 Å². The maximum absolute atomic E-state index is 12.4. The Morgan fingerprint density at radius 1 is 1.19 bits per heavy atom. The monoisotopic (exact) mass is 383 g/mol. The maximum atomic E-state index is 12.4. The molecule has 0 saturated heterocycles. The van der Waals surface area contributed by atoms with Gasteiger partial charge in [-0.15, -0.1) is 0 Å². The third-order valence-corrected chi connectivity index (χ3v) is 4.14. The van der Waals surface area contributed by atoms with E-state index in [1.54, 1.807) is 18.2 Å². The Morgan fingerprint density at radius 2 is 1.85 bits per heavy atom. The van der Waals surface area contributed by atoms with Crippen molar-refractivity contribution in [2.24, 2.45) is 0 Å². The van der Waals surface area contributed by atoms with E-state index in [0.29, 0.717) is 16.5 Å². The van der Waals surface area contributed by atoms with Crippen molar-refractivity contribution >= 4 is 28.9 Å². The molecule has 27 heavy (non-hydrogen) atoms. The standard InChI is InChI=1S/C21H22ClN3O2/c1-21(2,3)15-5-8-17(9-6-15)24-13-14(12-23)20(26)25-18-11-16(22)7-10-19(18)27-4/h5-11,13,24H,1-4H3,(H,25,26)/b14-13-. The maximum Gasteiger partial charge on any atom is 0.267 e. The van der Waals surface area contributed by atoms with Crippen LogP contribution in [-0.2, 0) is 10.2 Å². The molecule has 1 amide bonds. The molecule has 2 aromatic rings. The first kappa shape index (κ1) is 20.3. The molecule has 0 aliphatic rings. The highest BCUT2D eigenvalue weighted by molar-refractivity contribution is 6.31. The molecule has 140 valence electrons. The molecule has 0 fully saturated rings. The molecule has 0 aliphatic carbocycles. The lowest BCUT2D eigenvalue weighted by Crippen LogP contribution is -2.15. The summed E-state index contributed by atoms with van der Waals surface area (Å²) < 4.78 is 5.19. The lowest BCUT2D eigenvalue weighted by Gasteiger charge is -2.19. The molecule has 0 radical (unpaired) electrons. The first-order valence-corrected chi connectivity index (χ1v) is 8.74. The molecule has 0 aliphatic heterocycles. The number of hydrogen-bond donors (Lipinski definition) is 2. The molecule has 6 heteroatoms. The van der Waals surface area contributed by atoms with Crippen molar-refractivity contribution in [1.29, 1.82) is 5.26 Å². The average Bonchev–Trinajstić information content (AvgIpc) is 2.62. The summed E-state index contributed by atoms with van der Waals surface area (Å²) in [4.78, 5) is 12.4. The number of amides is 1. The summed E-state index contributed by atoms with van der Waals surface area (Å²) in [6.07, 6.45) is 1.37. The topological polar surface area (TPSA) is 74.1 Å². The predicted molar refractivity (Wildman–Crippen MR) is 109 cm³/mol. The van der Waals surface area contributed by atoms with Gasteiger partial charge in [0.25, 0.3) is 5.91 Å². The molecule has 5 nitrogen and oxygen atoms in total. The van der Waals surface area contributed by atoms with Gasteiger partial charge in [-0.3, -0.25) is 4.79 Å². The van der Waals surface area contributed by atoms with Gasteiger partial charge in [-0.1, -0.05) is 44.5 Å². The lowest BCUT2D eigenvalue weighted by molar-refractivity contribution is -0.112. The number of hydrogen-bond acceptors (Lipinski definition) is 4. The van der Waals surface area contributed by atoms with Crippen molar-refractivity contribution in [2.45, 2.75) is 26.2 Å². The zero-order valence-electron chi connectivity index (χ0n) is 15.8. The first-order valence-electron chi connectivity index (χ1n) is 8.37. The fourth-order valence-electron chi connectivity index (χ4n) is 2.34. The molecule has 0 bridgehead atoms. The van der Waals surface area contributed by atoms with Crippen LogP contribution < -0.4 is 15.4 Å². The second-order valence-corrected chi connectivity index (χ2v) is 7.38. The zero-order valence-corrected chi connectivity index (χ0v) is 16.5. The minimum absolute atomic E-state index is 0.0576. The summed E-state index contributed by atoms with van der Waals surface area (Å²) in [5.74, 6) is -0.104. The molecule has 2 N–H and O–H groups in total. The van der Waals surface area contributed by atoms with Crippen LogP contribution in [0, 0.1) is 11.3 Å². The van der Waals surface area contributed by atoms with Crippen LogP contribution in [0.15, 0.2) is 54.2 Å². The number of nitrogens with zero attached hydrogens (tertiary/aromatic N) is 1. The van der Waals surface area contributed by atoms with Crippen molar-refractivity contribution in [1.82, 2.24) is 0 Å². The van der Waals surface area contributed by atoms with E-state index in [-0.39, 0.29) is 11.0 Å². The van der Waals surface area contributed by atoms with Crippen LogP contribution in [0.1, 0.15) is 26.3 Å². The van der Waals surface area contributed by atoms with Gasteiger partial charge in [-0.2, -0.15) is 5.26 Å². The number of nitriles is 1. The van der Waals surface area contributed by atoms with Gasteiger partial charge in [0.05, 0.1) is 12.8 Å². The van der Waals surface area contributed by atoms with Crippen molar-refractivity contribution in [3.8, 4) is 11.8 Å². The van der Waals surface area contributed by atoms with Gasteiger partial charge < -0.3 is 15.4 Å². The van der Waals surface area contributed by atoms with Gasteiger partial charge in [-0.25, -0.2) is 0 Å². The molecule has 0 unspecified atom stereocenters. The molecule has 0 saturated carbocycles. The smallest absolute Gasteiger partial charge is 0.267 e. The van der Waals surface area contributed by atoms with Crippen LogP contribution in [0.2, 0.25) is 5.02 Å². The van der Waals surface area contributed by atoms with Gasteiger partial charge >= 0.3 is 0 Å². The van der Waals surface area contributed by atoms with Crippen LogP contribution in [0.3, 0.4) is 0 Å². The predicted octanol–water partition coefficient (Wildman–Crippen LogP) is 5.10. The van der Waals surface area contributed by atoms with Crippen LogP contribution in [0.25, 0.3) is 0 Å². The lowest BCUT2D eigenvalue weighted by atomic mass is 9.87. The van der Waals surface area contributed by atoms with Gasteiger partial charge in [-0.05, 0) is 41.3 Å². The van der Waals surface area contributed by atoms with Crippen molar-refractivity contribution in [3.63, 3.8) is 0 Å². The summed E-state index contributed by atoms with van der Waals surface area (Å²) in [6.45, 7) is 6.41. The van der Waals surface area contributed by atoms with E-state index in [1.165, 1.54) is 18.9 Å². The number of halogens is 1. The highest BCUT2D eigenvalue weighted by Gasteiger charge is 2.14. The van der Waals surface area contributed by atoms with E-state index < -0.39 is 5.91 Å². The SMILES string of the molecule is COc1ccc(Cl)cc1NC(=O)/C(C#N)=C\Nc1ccc(C(C)(C)C)cc1. The van der Waals surface area contributed by atoms with Crippen molar-refractivity contribution < 1.29 is 9.53 Å². The molecule has 0 spiro atoms. The third-order valence-electron chi connectivity index (χ3n) is 3.91. The van der Waals surface area contributed by atoms with Gasteiger partial charge in [0.2, 0.25) is 0 Å². The second-order valence-electron chi connectivity index (χ2n) is 6.94. The quantitative estimate of drug-likeness (QED) is 0.556. The minimum Gasteiger partial charge on any atom is -0.495 e. The third kappa shape index (κ3) is 5.50. The Labute approximate surface area is 164 Å². The Balaban J connectivity index is 2.13. The van der Waals surface area contributed by atoms with E-state index in [2.05, 4.69) is 31.4 Å². The Bertz CT molecular complexity index is 891. The van der Waals surface area contributed by atoms with Crippen LogP contribution >= 0.6 is 11.6 Å². The molecule has 0 aromatic heterocycles. The highest BCUT2D eigenvalue weighted by Crippen LogP contribution is 2.28. The molecule has 2 aromatic carbocycles. The summed E-state index contributed by atoms with van der Waals surface area (Å²) in [6, 6.07) is 14.6. The minimum atomic E-state index is -0.558. The van der Waals surface area contributed by atoms with E-state index in [4.69, 9.17) is 16.3 Å². The molecular formula is C21H22ClN3O2. The zero-order chi connectivity index (χ0) is 20.0. The molecule has 0 atom stereocenters. The number of methoxy groups -OCH3 is 1. The number of benzene rings is 2. The van der Waals surface area contributed by atoms with Crippen LogP contribution in [-0.4, -0.2) is 13.0 Å². The highest BCUT2D eigenvalue weighted by atomic mass is 35.5. The second kappa shape index (κ2) is 8.61. The van der Waals surface area contributed by atoms with Gasteiger partial charge in [0, 0.05) is 16.9 Å². The summed E-state index contributed by atoms with van der Waals surface area (Å²) >= 11 is 5.96. The van der Waals surface area contributed by atoms with Crippen molar-refractivity contribution in [3.05, 3.63) is 64.8 Å². The first-order chi connectivity index (χ1) is 12.7. The molecule has 2 rings (SSSR count). The number of ether oxygens (including phenoxy) is 1. The normalized spacial score (nSPS) is 11.5. The Hall–Kier alpha value is -2.97. The summed E-state index contributed by atoms with van der Waals surface area (Å²) in [5.41, 5.74) is 2.36.